The van der Waals surface area contributed by atoms with Gasteiger partial charge in [0.15, 0.2) is 0 Å². The second-order valence-electron chi connectivity index (χ2n) is 4.61. The summed E-state index contributed by atoms with van der Waals surface area (Å²) in [6.45, 7) is 3.01. The molecule has 5 nitrogen and oxygen atoms in total. The van der Waals surface area contributed by atoms with Crippen molar-refractivity contribution in [2.24, 2.45) is 5.92 Å². The van der Waals surface area contributed by atoms with E-state index in [1.807, 2.05) is 10.6 Å². The Kier molecular flexibility index (Phi) is 2.40. The van der Waals surface area contributed by atoms with E-state index in [1.165, 1.54) is 6.42 Å². The van der Waals surface area contributed by atoms with Crippen molar-refractivity contribution >= 4 is 17.0 Å². The summed E-state index contributed by atoms with van der Waals surface area (Å²) in [4.78, 5) is 4.28. The molecular weight excluding hydrogens is 216 g/mol. The summed E-state index contributed by atoms with van der Waals surface area (Å²) < 4.78 is 2.03. The number of hydrogen-bond donors (Lipinski definition) is 3. The molecule has 1 aliphatic heterocycles. The molecule has 1 fully saturated rings. The van der Waals surface area contributed by atoms with Crippen LogP contribution in [0.25, 0.3) is 11.0 Å². The number of nitrogens with two attached hydrogens (primary N) is 1. The van der Waals surface area contributed by atoms with Crippen LogP contribution >= 0.6 is 0 Å². The third-order valence-electron chi connectivity index (χ3n) is 3.36. The lowest BCUT2D eigenvalue weighted by Crippen LogP contribution is -2.15. The van der Waals surface area contributed by atoms with Gasteiger partial charge >= 0.3 is 0 Å². The number of benzene rings is 1. The molecular formula is C12H16N4O. The Bertz CT molecular complexity index is 543. The van der Waals surface area contributed by atoms with Crippen LogP contribution in [0.2, 0.25) is 0 Å². The van der Waals surface area contributed by atoms with Crippen LogP contribution in [-0.2, 0) is 6.54 Å². The van der Waals surface area contributed by atoms with E-state index in [2.05, 4.69) is 10.3 Å². The molecule has 0 bridgehead atoms. The highest BCUT2D eigenvalue weighted by molar-refractivity contribution is 5.79. The maximum atomic E-state index is 9.41. The first-order valence-electron chi connectivity index (χ1n) is 5.89. The molecule has 1 aromatic heterocycles. The van der Waals surface area contributed by atoms with E-state index in [4.69, 9.17) is 5.73 Å². The number of aromatic nitrogens is 2. The molecule has 17 heavy (non-hydrogen) atoms. The lowest BCUT2D eigenvalue weighted by Gasteiger charge is -2.11. The van der Waals surface area contributed by atoms with E-state index < -0.39 is 0 Å². The van der Waals surface area contributed by atoms with Gasteiger partial charge in [-0.2, -0.15) is 0 Å². The van der Waals surface area contributed by atoms with Gasteiger partial charge in [0.2, 0.25) is 5.95 Å². The van der Waals surface area contributed by atoms with Gasteiger partial charge in [-0.05, 0) is 37.6 Å². The number of imidazole rings is 1. The third kappa shape index (κ3) is 1.82. The average Bonchev–Trinajstić information content (AvgIpc) is 2.88. The molecule has 2 aromatic rings. The first-order valence-corrected chi connectivity index (χ1v) is 5.89. The fourth-order valence-electron chi connectivity index (χ4n) is 2.46. The molecule has 2 heterocycles. The summed E-state index contributed by atoms with van der Waals surface area (Å²) in [6, 6.07) is 5.19. The maximum absolute atomic E-state index is 9.41. The van der Waals surface area contributed by atoms with Crippen molar-refractivity contribution in [1.82, 2.24) is 14.9 Å². The molecule has 0 saturated carbocycles. The predicted octanol–water partition coefficient (Wildman–Crippen LogP) is 0.934. The van der Waals surface area contributed by atoms with Gasteiger partial charge in [0.25, 0.3) is 0 Å². The molecule has 1 aromatic carbocycles. The van der Waals surface area contributed by atoms with Crippen molar-refractivity contribution in [3.05, 3.63) is 18.2 Å². The number of nitrogen functional groups attached to an aromatic ring is 1. The summed E-state index contributed by atoms with van der Waals surface area (Å²) in [5.74, 6) is 1.37. The highest BCUT2D eigenvalue weighted by Gasteiger charge is 2.18. The molecule has 1 unspecified atom stereocenters. The van der Waals surface area contributed by atoms with Gasteiger partial charge < -0.3 is 20.7 Å². The van der Waals surface area contributed by atoms with Gasteiger partial charge in [-0.25, -0.2) is 4.98 Å². The number of anilines is 1. The second-order valence-corrected chi connectivity index (χ2v) is 4.61. The van der Waals surface area contributed by atoms with Gasteiger partial charge in [-0.3, -0.25) is 0 Å². The van der Waals surface area contributed by atoms with E-state index in [-0.39, 0.29) is 5.75 Å². The van der Waals surface area contributed by atoms with Crippen LogP contribution < -0.4 is 11.1 Å². The molecule has 4 N–H and O–H groups in total. The normalized spacial score (nSPS) is 20.1. The van der Waals surface area contributed by atoms with E-state index in [1.54, 1.807) is 12.1 Å². The van der Waals surface area contributed by atoms with Gasteiger partial charge in [-0.15, -0.1) is 0 Å². The lowest BCUT2D eigenvalue weighted by molar-refractivity contribution is 0.475. The minimum atomic E-state index is 0.227. The van der Waals surface area contributed by atoms with Gasteiger partial charge in [0.1, 0.15) is 5.75 Å². The minimum Gasteiger partial charge on any atom is -0.508 e. The van der Waals surface area contributed by atoms with Crippen LogP contribution in [0.1, 0.15) is 6.42 Å². The van der Waals surface area contributed by atoms with Crippen molar-refractivity contribution in [2.45, 2.75) is 13.0 Å². The topological polar surface area (TPSA) is 76.1 Å². The first-order chi connectivity index (χ1) is 8.24. The average molecular weight is 232 g/mol. The molecule has 0 spiro atoms. The Hall–Kier alpha value is -1.75. The summed E-state index contributed by atoms with van der Waals surface area (Å²) in [7, 11) is 0. The van der Waals surface area contributed by atoms with Gasteiger partial charge in [0.05, 0.1) is 11.0 Å². The van der Waals surface area contributed by atoms with E-state index >= 15 is 0 Å². The zero-order chi connectivity index (χ0) is 11.8. The Morgan fingerprint density at radius 3 is 3.18 bits per heavy atom. The number of hydrogen-bond acceptors (Lipinski definition) is 4. The number of fused-ring (bicyclic) bond motifs is 1. The van der Waals surface area contributed by atoms with Crippen molar-refractivity contribution in [3.8, 4) is 5.75 Å². The molecule has 3 rings (SSSR count). The SMILES string of the molecule is Nc1nc2cc(O)ccc2n1CC1CCNC1. The van der Waals surface area contributed by atoms with Crippen LogP contribution in [0.15, 0.2) is 18.2 Å². The molecule has 1 atom stereocenters. The number of rotatable bonds is 2. The smallest absolute Gasteiger partial charge is 0.201 e. The summed E-state index contributed by atoms with van der Waals surface area (Å²) in [6.07, 6.45) is 1.18. The number of phenols is 1. The number of aromatic hydroxyl groups is 1. The van der Waals surface area contributed by atoms with Gasteiger partial charge in [0, 0.05) is 12.6 Å². The van der Waals surface area contributed by atoms with E-state index in [0.29, 0.717) is 11.9 Å². The minimum absolute atomic E-state index is 0.227. The monoisotopic (exact) mass is 232 g/mol. The van der Waals surface area contributed by atoms with Gasteiger partial charge in [-0.1, -0.05) is 0 Å². The summed E-state index contributed by atoms with van der Waals surface area (Å²) in [5.41, 5.74) is 7.68. The van der Waals surface area contributed by atoms with E-state index in [0.717, 1.165) is 30.7 Å². The standard InChI is InChI=1S/C12H16N4O/c13-12-15-10-5-9(17)1-2-11(10)16(12)7-8-3-4-14-6-8/h1-2,5,8,14,17H,3-4,6-7H2,(H2,13,15). The van der Waals surface area contributed by atoms with Crippen molar-refractivity contribution < 1.29 is 5.11 Å². The Morgan fingerprint density at radius 1 is 1.53 bits per heavy atom. The Labute approximate surface area is 99.3 Å². The van der Waals surface area contributed by atoms with Crippen molar-refractivity contribution in [2.75, 3.05) is 18.8 Å². The number of nitrogens with zero attached hydrogens (tertiary/aromatic N) is 2. The van der Waals surface area contributed by atoms with Crippen LogP contribution in [0.5, 0.6) is 5.75 Å². The molecule has 0 aliphatic carbocycles. The molecule has 0 radical (unpaired) electrons. The lowest BCUT2D eigenvalue weighted by atomic mass is 10.1. The quantitative estimate of drug-likeness (QED) is 0.720. The molecule has 1 saturated heterocycles. The molecule has 0 amide bonds. The number of phenolic OH excluding ortho intramolecular Hbond substituents is 1. The van der Waals surface area contributed by atoms with Crippen molar-refractivity contribution in [1.29, 1.82) is 0 Å². The van der Waals surface area contributed by atoms with E-state index in [9.17, 15) is 5.11 Å². The molecule has 90 valence electrons. The van der Waals surface area contributed by atoms with Crippen LogP contribution in [0.3, 0.4) is 0 Å². The first kappa shape index (κ1) is 10.4. The zero-order valence-electron chi connectivity index (χ0n) is 9.56. The second kappa shape index (κ2) is 3.92. The predicted molar refractivity (Wildman–Crippen MR) is 66.8 cm³/mol. The zero-order valence-corrected chi connectivity index (χ0v) is 9.56. The maximum Gasteiger partial charge on any atom is 0.201 e. The Morgan fingerprint density at radius 2 is 2.41 bits per heavy atom. The van der Waals surface area contributed by atoms with Crippen LogP contribution in [0.4, 0.5) is 5.95 Å². The van der Waals surface area contributed by atoms with Crippen molar-refractivity contribution in [3.63, 3.8) is 0 Å². The largest absolute Gasteiger partial charge is 0.508 e. The summed E-state index contributed by atoms with van der Waals surface area (Å²) >= 11 is 0. The Balaban J connectivity index is 1.99. The van der Waals surface area contributed by atoms with Crippen LogP contribution in [-0.4, -0.2) is 27.7 Å². The third-order valence-corrected chi connectivity index (χ3v) is 3.36. The highest BCUT2D eigenvalue weighted by atomic mass is 16.3. The van der Waals surface area contributed by atoms with Crippen LogP contribution in [0, 0.1) is 5.92 Å². The molecule has 1 aliphatic rings. The fraction of sp³-hybridized carbons (Fsp3) is 0.417. The summed E-state index contributed by atoms with van der Waals surface area (Å²) in [5, 5.41) is 12.8. The highest BCUT2D eigenvalue weighted by Crippen LogP contribution is 2.24. The molecule has 5 heteroatoms. The fourth-order valence-corrected chi connectivity index (χ4v) is 2.46. The number of nitrogens with one attached hydrogen (secondary N) is 1.